The summed E-state index contributed by atoms with van der Waals surface area (Å²) >= 11 is 0. The van der Waals surface area contributed by atoms with Crippen molar-refractivity contribution in [2.45, 2.75) is 19.8 Å². The Labute approximate surface area is 109 Å². The zero-order chi connectivity index (χ0) is 13.1. The van der Waals surface area contributed by atoms with Gasteiger partial charge < -0.3 is 18.9 Å². The van der Waals surface area contributed by atoms with E-state index in [2.05, 4.69) is 6.07 Å². The van der Waals surface area contributed by atoms with E-state index in [1.165, 1.54) is 0 Å². The molecule has 1 aliphatic heterocycles. The molecule has 0 atom stereocenters. The minimum atomic E-state index is -0.251. The van der Waals surface area contributed by atoms with Crippen molar-refractivity contribution in [1.29, 1.82) is 5.26 Å². The van der Waals surface area contributed by atoms with Crippen LogP contribution in [0.15, 0.2) is 0 Å². The van der Waals surface area contributed by atoms with Crippen LogP contribution < -0.4 is 0 Å². The van der Waals surface area contributed by atoms with Gasteiger partial charge in [0.15, 0.2) is 0 Å². The molecule has 1 rings (SSSR count). The van der Waals surface area contributed by atoms with Gasteiger partial charge in [-0.25, -0.2) is 0 Å². The Kier molecular flexibility index (Phi) is 7.94. The van der Waals surface area contributed by atoms with E-state index < -0.39 is 0 Å². The van der Waals surface area contributed by atoms with Crippen molar-refractivity contribution in [3.8, 4) is 6.07 Å². The van der Waals surface area contributed by atoms with Crippen molar-refractivity contribution in [3.05, 3.63) is 0 Å². The highest BCUT2D eigenvalue weighted by Gasteiger charge is 2.25. The molecule has 5 nitrogen and oxygen atoms in total. The van der Waals surface area contributed by atoms with Crippen molar-refractivity contribution in [2.24, 2.45) is 5.41 Å². The van der Waals surface area contributed by atoms with Crippen molar-refractivity contribution in [3.63, 3.8) is 0 Å². The van der Waals surface area contributed by atoms with Crippen LogP contribution in [-0.2, 0) is 18.9 Å². The van der Waals surface area contributed by atoms with Crippen LogP contribution in [0.4, 0.5) is 0 Å². The second kappa shape index (κ2) is 9.29. The maximum atomic E-state index is 8.84. The first-order valence-electron chi connectivity index (χ1n) is 6.45. The van der Waals surface area contributed by atoms with Gasteiger partial charge in [0.25, 0.3) is 0 Å². The third-order valence-corrected chi connectivity index (χ3v) is 2.73. The van der Waals surface area contributed by atoms with Crippen LogP contribution in [0.2, 0.25) is 0 Å². The van der Waals surface area contributed by atoms with Gasteiger partial charge in [0.1, 0.15) is 0 Å². The smallest absolute Gasteiger partial charge is 0.0700 e. The van der Waals surface area contributed by atoms with Crippen molar-refractivity contribution < 1.29 is 18.9 Å². The lowest BCUT2D eigenvalue weighted by atomic mass is 9.89. The number of hydrogen-bond acceptors (Lipinski definition) is 5. The summed E-state index contributed by atoms with van der Waals surface area (Å²) in [4.78, 5) is 0. The maximum Gasteiger partial charge on any atom is 0.0700 e. The van der Waals surface area contributed by atoms with Crippen molar-refractivity contribution in [1.82, 2.24) is 0 Å². The minimum Gasteiger partial charge on any atom is -0.379 e. The first-order chi connectivity index (χ1) is 8.77. The molecule has 104 valence electrons. The Balaban J connectivity index is 2.36. The van der Waals surface area contributed by atoms with Crippen LogP contribution in [0.3, 0.4) is 0 Å². The molecule has 0 saturated carbocycles. The van der Waals surface area contributed by atoms with Crippen molar-refractivity contribution in [2.75, 3.05) is 52.9 Å². The number of nitriles is 1. The van der Waals surface area contributed by atoms with Gasteiger partial charge >= 0.3 is 0 Å². The van der Waals surface area contributed by atoms with Gasteiger partial charge in [-0.15, -0.1) is 0 Å². The monoisotopic (exact) mass is 257 g/mol. The summed E-state index contributed by atoms with van der Waals surface area (Å²) in [7, 11) is 0. The molecule has 1 saturated heterocycles. The minimum absolute atomic E-state index is 0.251. The summed E-state index contributed by atoms with van der Waals surface area (Å²) in [6.45, 7) is 6.72. The molecule has 1 heterocycles. The zero-order valence-corrected chi connectivity index (χ0v) is 11.2. The molecule has 0 spiro atoms. The second-order valence-corrected chi connectivity index (χ2v) is 4.83. The van der Waals surface area contributed by atoms with Gasteiger partial charge in [0.05, 0.1) is 45.7 Å². The molecule has 5 heteroatoms. The topological polar surface area (TPSA) is 60.7 Å². The summed E-state index contributed by atoms with van der Waals surface area (Å²) < 4.78 is 21.9. The summed E-state index contributed by atoms with van der Waals surface area (Å²) in [5.74, 6) is 0. The molecule has 0 aromatic rings. The van der Waals surface area contributed by atoms with Gasteiger partial charge in [0.2, 0.25) is 0 Å². The molecule has 1 aliphatic rings. The predicted molar refractivity (Wildman–Crippen MR) is 66.2 cm³/mol. The van der Waals surface area contributed by atoms with Crippen LogP contribution in [-0.4, -0.2) is 52.9 Å². The first-order valence-corrected chi connectivity index (χ1v) is 6.45. The van der Waals surface area contributed by atoms with Crippen LogP contribution in [0.25, 0.3) is 0 Å². The van der Waals surface area contributed by atoms with E-state index in [9.17, 15) is 0 Å². The Bertz CT molecular complexity index is 238. The van der Waals surface area contributed by atoms with Gasteiger partial charge in [-0.3, -0.25) is 0 Å². The van der Waals surface area contributed by atoms with Gasteiger partial charge in [-0.1, -0.05) is 6.92 Å². The van der Waals surface area contributed by atoms with Gasteiger partial charge in [-0.2, -0.15) is 5.26 Å². The predicted octanol–water partition coefficient (Wildman–Crippen LogP) is 1.38. The molecule has 0 amide bonds. The fourth-order valence-corrected chi connectivity index (χ4v) is 1.67. The molecular formula is C13H23NO4. The summed E-state index contributed by atoms with van der Waals surface area (Å²) in [5.41, 5.74) is -0.251. The normalized spacial score (nSPS) is 23.8. The van der Waals surface area contributed by atoms with E-state index in [4.69, 9.17) is 24.2 Å². The highest BCUT2D eigenvalue weighted by molar-refractivity contribution is 4.85. The van der Waals surface area contributed by atoms with E-state index in [1.807, 2.05) is 6.92 Å². The first kappa shape index (κ1) is 15.4. The Hall–Kier alpha value is -0.670. The molecule has 0 unspecified atom stereocenters. The summed E-state index contributed by atoms with van der Waals surface area (Å²) in [6, 6.07) is 2.19. The lowest BCUT2D eigenvalue weighted by Crippen LogP contribution is -2.30. The molecule has 0 aromatic heterocycles. The van der Waals surface area contributed by atoms with Crippen LogP contribution in [0.5, 0.6) is 0 Å². The highest BCUT2D eigenvalue weighted by Crippen LogP contribution is 2.21. The number of hydrogen-bond donors (Lipinski definition) is 0. The standard InChI is InChI=1S/C13H23NO4/c1-13(3-4-14)11-17-9-7-15-5-2-6-16-8-10-18-12-13/h2-3,5-12H2,1H3. The Morgan fingerprint density at radius 1 is 0.889 bits per heavy atom. The van der Waals surface area contributed by atoms with Gasteiger partial charge in [-0.05, 0) is 6.42 Å². The second-order valence-electron chi connectivity index (χ2n) is 4.83. The van der Waals surface area contributed by atoms with E-state index in [0.29, 0.717) is 59.3 Å². The third kappa shape index (κ3) is 6.92. The summed E-state index contributed by atoms with van der Waals surface area (Å²) in [5, 5.41) is 8.84. The Morgan fingerprint density at radius 3 is 1.89 bits per heavy atom. The van der Waals surface area contributed by atoms with Crippen LogP contribution >= 0.6 is 0 Å². The quantitative estimate of drug-likeness (QED) is 0.710. The molecule has 1 fully saturated rings. The van der Waals surface area contributed by atoms with Crippen LogP contribution in [0.1, 0.15) is 19.8 Å². The van der Waals surface area contributed by atoms with Gasteiger partial charge in [0, 0.05) is 25.0 Å². The number of rotatable bonds is 1. The molecular weight excluding hydrogens is 234 g/mol. The van der Waals surface area contributed by atoms with E-state index >= 15 is 0 Å². The lowest BCUT2D eigenvalue weighted by Gasteiger charge is -2.26. The fraction of sp³-hybridized carbons (Fsp3) is 0.923. The molecule has 18 heavy (non-hydrogen) atoms. The lowest BCUT2D eigenvalue weighted by molar-refractivity contribution is -0.0466. The largest absolute Gasteiger partial charge is 0.379 e. The molecule has 0 bridgehead atoms. The zero-order valence-electron chi connectivity index (χ0n) is 11.2. The third-order valence-electron chi connectivity index (χ3n) is 2.73. The Morgan fingerprint density at radius 2 is 1.39 bits per heavy atom. The fourth-order valence-electron chi connectivity index (χ4n) is 1.67. The average Bonchev–Trinajstić information content (AvgIpc) is 2.35. The average molecular weight is 257 g/mol. The number of nitrogens with zero attached hydrogens (tertiary/aromatic N) is 1. The molecule has 0 aliphatic carbocycles. The van der Waals surface area contributed by atoms with E-state index in [-0.39, 0.29) is 5.41 Å². The van der Waals surface area contributed by atoms with Crippen LogP contribution in [0, 0.1) is 16.7 Å². The number of ether oxygens (including phenoxy) is 4. The van der Waals surface area contributed by atoms with E-state index in [1.54, 1.807) is 0 Å². The molecule has 0 aromatic carbocycles. The van der Waals surface area contributed by atoms with Crippen molar-refractivity contribution >= 4 is 0 Å². The van der Waals surface area contributed by atoms with E-state index in [0.717, 1.165) is 6.42 Å². The highest BCUT2D eigenvalue weighted by atomic mass is 16.5. The maximum absolute atomic E-state index is 8.84. The SMILES string of the molecule is CC1(CC#N)COCCOCCCOCCOC1. The summed E-state index contributed by atoms with van der Waals surface area (Å²) in [6.07, 6.45) is 1.32. The molecule has 0 N–H and O–H groups in total. The molecule has 0 radical (unpaired) electrons.